The topological polar surface area (TPSA) is 72.0 Å². The summed E-state index contributed by atoms with van der Waals surface area (Å²) in [5.74, 6) is 0. The van der Waals surface area contributed by atoms with Crippen LogP contribution in [0.15, 0.2) is 41.3 Å². The van der Waals surface area contributed by atoms with Gasteiger partial charge in [-0.3, -0.25) is 0 Å². The van der Waals surface area contributed by atoms with Crippen LogP contribution < -0.4 is 4.72 Å². The molecule has 0 aliphatic heterocycles. The maximum atomic E-state index is 12.9. The van der Waals surface area contributed by atoms with Gasteiger partial charge < -0.3 is 0 Å². The predicted octanol–water partition coefficient (Wildman–Crippen LogP) is 4.21. The molecule has 3 rings (SSSR count). The molecule has 0 aliphatic carbocycles. The molecule has 150 valence electrons. The van der Waals surface area contributed by atoms with Crippen molar-refractivity contribution in [3.8, 4) is 0 Å². The SMILES string of the molecule is O=S(=O)(NCc1cc(C(F)(F)F)cc(C(F)(F)F)c1)c1cccc2nsnc12. The fourth-order valence-corrected chi connectivity index (χ4v) is 4.16. The molecule has 1 aromatic heterocycles. The quantitative estimate of drug-likeness (QED) is 0.616. The van der Waals surface area contributed by atoms with Gasteiger partial charge in [0.05, 0.1) is 22.9 Å². The van der Waals surface area contributed by atoms with E-state index in [0.29, 0.717) is 17.6 Å². The van der Waals surface area contributed by atoms with Gasteiger partial charge in [-0.2, -0.15) is 35.1 Å². The van der Waals surface area contributed by atoms with E-state index in [9.17, 15) is 34.8 Å². The number of nitrogens with one attached hydrogen (secondary N) is 1. The van der Waals surface area contributed by atoms with Crippen LogP contribution in [-0.2, 0) is 28.9 Å². The number of aromatic nitrogens is 2. The smallest absolute Gasteiger partial charge is 0.207 e. The molecule has 5 nitrogen and oxygen atoms in total. The number of rotatable bonds is 4. The van der Waals surface area contributed by atoms with Crippen LogP contribution in [0.5, 0.6) is 0 Å². The molecular weight excluding hydrogens is 432 g/mol. The average Bonchev–Trinajstić information content (AvgIpc) is 3.07. The van der Waals surface area contributed by atoms with Gasteiger partial charge in [-0.25, -0.2) is 13.1 Å². The number of halogens is 6. The van der Waals surface area contributed by atoms with E-state index in [1.54, 1.807) is 0 Å². The van der Waals surface area contributed by atoms with Crippen LogP contribution >= 0.6 is 11.7 Å². The lowest BCUT2D eigenvalue weighted by atomic mass is 10.0. The molecule has 3 aromatic rings. The maximum absolute atomic E-state index is 12.9. The van der Waals surface area contributed by atoms with Crippen molar-refractivity contribution in [1.29, 1.82) is 0 Å². The minimum Gasteiger partial charge on any atom is -0.207 e. The lowest BCUT2D eigenvalue weighted by Gasteiger charge is -2.14. The molecule has 2 aromatic carbocycles. The number of benzene rings is 2. The number of sulfonamides is 1. The predicted molar refractivity (Wildman–Crippen MR) is 87.9 cm³/mol. The van der Waals surface area contributed by atoms with Crippen molar-refractivity contribution in [2.45, 2.75) is 23.8 Å². The molecule has 0 bridgehead atoms. The first kappa shape index (κ1) is 20.5. The molecule has 13 heteroatoms. The van der Waals surface area contributed by atoms with Crippen LogP contribution in [0.2, 0.25) is 0 Å². The van der Waals surface area contributed by atoms with Gasteiger partial charge in [0.15, 0.2) is 0 Å². The van der Waals surface area contributed by atoms with Gasteiger partial charge in [0.1, 0.15) is 15.9 Å². The summed E-state index contributed by atoms with van der Waals surface area (Å²) in [6, 6.07) is 5.01. The third-order valence-corrected chi connectivity index (χ3v) is 5.63. The summed E-state index contributed by atoms with van der Waals surface area (Å²) < 4.78 is 112. The molecule has 0 saturated heterocycles. The third-order valence-electron chi connectivity index (χ3n) is 3.65. The molecule has 0 amide bonds. The van der Waals surface area contributed by atoms with Crippen molar-refractivity contribution in [3.05, 3.63) is 53.1 Å². The highest BCUT2D eigenvalue weighted by Crippen LogP contribution is 2.36. The fourth-order valence-electron chi connectivity index (χ4n) is 2.38. The van der Waals surface area contributed by atoms with Crippen molar-refractivity contribution < 1.29 is 34.8 Å². The standard InChI is InChI=1S/C15H9F6N3O2S2/c16-14(17,18)9-4-8(5-10(6-9)15(19,20)21)7-22-28(25,26)12-3-1-2-11-13(12)24-27-23-11/h1-6,22H,7H2. The second kappa shape index (κ2) is 6.97. The summed E-state index contributed by atoms with van der Waals surface area (Å²) in [4.78, 5) is -0.276. The Bertz CT molecular complexity index is 1090. The van der Waals surface area contributed by atoms with Crippen LogP contribution in [0.25, 0.3) is 11.0 Å². The van der Waals surface area contributed by atoms with Crippen molar-refractivity contribution in [2.24, 2.45) is 0 Å². The molecule has 0 saturated carbocycles. The minimum absolute atomic E-state index is 0.0281. The molecule has 0 atom stereocenters. The molecule has 0 fully saturated rings. The van der Waals surface area contributed by atoms with Gasteiger partial charge in [0.2, 0.25) is 10.0 Å². The van der Waals surface area contributed by atoms with Gasteiger partial charge in [0, 0.05) is 6.54 Å². The number of nitrogens with zero attached hydrogens (tertiary/aromatic N) is 2. The fraction of sp³-hybridized carbons (Fsp3) is 0.200. The third kappa shape index (κ3) is 4.25. The Hall–Kier alpha value is -2.25. The van der Waals surface area contributed by atoms with Gasteiger partial charge >= 0.3 is 12.4 Å². The van der Waals surface area contributed by atoms with Crippen molar-refractivity contribution in [3.63, 3.8) is 0 Å². The second-order valence-electron chi connectivity index (χ2n) is 5.63. The van der Waals surface area contributed by atoms with E-state index in [-0.39, 0.29) is 16.5 Å². The summed E-state index contributed by atoms with van der Waals surface area (Å²) in [6.07, 6.45) is -10.0. The van der Waals surface area contributed by atoms with Crippen molar-refractivity contribution in [2.75, 3.05) is 0 Å². The van der Waals surface area contributed by atoms with Crippen LogP contribution in [-0.4, -0.2) is 17.2 Å². The van der Waals surface area contributed by atoms with Crippen molar-refractivity contribution >= 4 is 32.8 Å². The minimum atomic E-state index is -5.02. The van der Waals surface area contributed by atoms with Gasteiger partial charge in [0.25, 0.3) is 0 Å². The van der Waals surface area contributed by atoms with Gasteiger partial charge in [-0.05, 0) is 35.9 Å². The molecule has 1 N–H and O–H groups in total. The van der Waals surface area contributed by atoms with Crippen LogP contribution in [0.3, 0.4) is 0 Å². The molecule has 28 heavy (non-hydrogen) atoms. The van der Waals surface area contributed by atoms with Crippen LogP contribution in [0, 0.1) is 0 Å². The summed E-state index contributed by atoms with van der Waals surface area (Å²) in [6.45, 7) is -0.775. The zero-order valence-corrected chi connectivity index (χ0v) is 15.1. The molecular formula is C15H9F6N3O2S2. The Morgan fingerprint density at radius 1 is 0.929 bits per heavy atom. The van der Waals surface area contributed by atoms with E-state index in [1.807, 2.05) is 4.72 Å². The van der Waals surface area contributed by atoms with Gasteiger partial charge in [-0.15, -0.1) is 0 Å². The Morgan fingerprint density at radius 2 is 1.54 bits per heavy atom. The monoisotopic (exact) mass is 441 g/mol. The number of hydrogen-bond donors (Lipinski definition) is 1. The van der Waals surface area contributed by atoms with Crippen LogP contribution in [0.1, 0.15) is 16.7 Å². The normalized spacial score (nSPS) is 13.2. The summed E-state index contributed by atoms with van der Waals surface area (Å²) >= 11 is 0.765. The maximum Gasteiger partial charge on any atom is 0.416 e. The first-order valence-corrected chi connectivity index (χ1v) is 9.58. The Balaban J connectivity index is 1.94. The number of hydrogen-bond acceptors (Lipinski definition) is 5. The van der Waals surface area contributed by atoms with Crippen molar-refractivity contribution in [1.82, 2.24) is 13.5 Å². The highest BCUT2D eigenvalue weighted by molar-refractivity contribution is 7.89. The zero-order chi connectivity index (χ0) is 20.7. The van der Waals surface area contributed by atoms with Crippen LogP contribution in [0.4, 0.5) is 26.3 Å². The lowest BCUT2D eigenvalue weighted by molar-refractivity contribution is -0.143. The van der Waals surface area contributed by atoms with E-state index in [2.05, 4.69) is 8.75 Å². The second-order valence-corrected chi connectivity index (χ2v) is 7.89. The first-order valence-electron chi connectivity index (χ1n) is 7.37. The average molecular weight is 441 g/mol. The zero-order valence-electron chi connectivity index (χ0n) is 13.5. The summed E-state index contributed by atoms with van der Waals surface area (Å²) in [7, 11) is -4.26. The summed E-state index contributed by atoms with van der Waals surface area (Å²) in [5.41, 5.74) is -3.19. The van der Waals surface area contributed by atoms with E-state index in [4.69, 9.17) is 0 Å². The van der Waals surface area contributed by atoms with E-state index >= 15 is 0 Å². The molecule has 0 radical (unpaired) electrons. The Kier molecular flexibility index (Phi) is 5.10. The molecule has 1 heterocycles. The molecule has 0 spiro atoms. The highest BCUT2D eigenvalue weighted by atomic mass is 32.2. The number of fused-ring (bicyclic) bond motifs is 1. The highest BCUT2D eigenvalue weighted by Gasteiger charge is 2.37. The van der Waals surface area contributed by atoms with E-state index in [0.717, 1.165) is 11.7 Å². The largest absolute Gasteiger partial charge is 0.416 e. The number of alkyl halides is 6. The Morgan fingerprint density at radius 3 is 2.11 bits per heavy atom. The summed E-state index contributed by atoms with van der Waals surface area (Å²) in [5, 5.41) is 0. The van der Waals surface area contributed by atoms with E-state index in [1.165, 1.54) is 18.2 Å². The first-order chi connectivity index (χ1) is 12.9. The van der Waals surface area contributed by atoms with E-state index < -0.39 is 45.6 Å². The van der Waals surface area contributed by atoms with Gasteiger partial charge in [-0.1, -0.05) is 6.07 Å². The Labute approximate surface area is 158 Å². The lowest BCUT2D eigenvalue weighted by Crippen LogP contribution is -2.24. The molecule has 0 unspecified atom stereocenters. The molecule has 0 aliphatic rings.